The third kappa shape index (κ3) is 24.1. The van der Waals surface area contributed by atoms with Crippen molar-refractivity contribution in [2.45, 2.75) is 129 Å². The standard InChI is InChI=1S/C24H49NO2.Li/c1-3-5-7-9-11-13-17-21-25(23-19-15-16-20-24(26)27)22-18-14-12-10-8-6-4-2;/h3-23H2,1-2H3,(H,26,27);/q;+1/p-1. The minimum Gasteiger partial charge on any atom is -0.550 e. The molecule has 0 atom stereocenters. The number of carboxylic acids is 1. The smallest absolute Gasteiger partial charge is 0.550 e. The zero-order valence-electron chi connectivity index (χ0n) is 19.6. The van der Waals surface area contributed by atoms with Crippen molar-refractivity contribution in [3.63, 3.8) is 0 Å². The molecule has 0 aromatic carbocycles. The second kappa shape index (κ2) is 25.1. The Hall–Kier alpha value is 0.0274. The zero-order chi connectivity index (χ0) is 20.0. The third-order valence-electron chi connectivity index (χ3n) is 5.51. The van der Waals surface area contributed by atoms with E-state index in [4.69, 9.17) is 0 Å². The largest absolute Gasteiger partial charge is 1.00 e. The summed E-state index contributed by atoms with van der Waals surface area (Å²) in [5.41, 5.74) is 0. The van der Waals surface area contributed by atoms with Crippen LogP contribution >= 0.6 is 0 Å². The maximum absolute atomic E-state index is 10.5. The number of hydrogen-bond acceptors (Lipinski definition) is 3. The fraction of sp³-hybridized carbons (Fsp3) is 0.958. The van der Waals surface area contributed by atoms with E-state index < -0.39 is 5.97 Å². The van der Waals surface area contributed by atoms with Crippen LogP contribution < -0.4 is 24.0 Å². The zero-order valence-corrected chi connectivity index (χ0v) is 19.6. The number of aliphatic carboxylic acids is 1. The molecule has 0 aliphatic rings. The van der Waals surface area contributed by atoms with Crippen molar-refractivity contribution < 1.29 is 28.8 Å². The Bertz CT molecular complexity index is 295. The van der Waals surface area contributed by atoms with E-state index in [0.29, 0.717) is 0 Å². The summed E-state index contributed by atoms with van der Waals surface area (Å²) in [5, 5.41) is 10.5. The van der Waals surface area contributed by atoms with Gasteiger partial charge < -0.3 is 14.8 Å². The van der Waals surface area contributed by atoms with E-state index in [0.717, 1.165) is 25.8 Å². The van der Waals surface area contributed by atoms with Crippen LogP contribution in [0.15, 0.2) is 0 Å². The average Bonchev–Trinajstić information content (AvgIpc) is 2.65. The monoisotopic (exact) mass is 389 g/mol. The molecule has 0 amide bonds. The van der Waals surface area contributed by atoms with Crippen LogP contribution in [-0.4, -0.2) is 30.5 Å². The van der Waals surface area contributed by atoms with Crippen LogP contribution in [0.4, 0.5) is 0 Å². The van der Waals surface area contributed by atoms with E-state index >= 15 is 0 Å². The van der Waals surface area contributed by atoms with Gasteiger partial charge in [0.05, 0.1) is 0 Å². The number of carboxylic acid groups (broad SMARTS) is 1. The molecule has 0 saturated heterocycles. The number of carbonyl (C=O) groups is 1. The van der Waals surface area contributed by atoms with Crippen molar-refractivity contribution in [2.24, 2.45) is 0 Å². The minimum absolute atomic E-state index is 0. The van der Waals surface area contributed by atoms with Gasteiger partial charge in [0.15, 0.2) is 0 Å². The van der Waals surface area contributed by atoms with E-state index in [1.54, 1.807) is 0 Å². The van der Waals surface area contributed by atoms with Gasteiger partial charge in [-0.2, -0.15) is 0 Å². The Labute approximate surface area is 188 Å². The summed E-state index contributed by atoms with van der Waals surface area (Å²) >= 11 is 0. The van der Waals surface area contributed by atoms with Gasteiger partial charge in [-0.1, -0.05) is 97.3 Å². The quantitative estimate of drug-likeness (QED) is 0.211. The third-order valence-corrected chi connectivity index (χ3v) is 5.51. The van der Waals surface area contributed by atoms with Crippen molar-refractivity contribution >= 4 is 5.97 Å². The predicted molar refractivity (Wildman–Crippen MR) is 116 cm³/mol. The first-order valence-corrected chi connectivity index (χ1v) is 12.1. The first-order valence-electron chi connectivity index (χ1n) is 12.1. The van der Waals surface area contributed by atoms with Crippen molar-refractivity contribution in [3.8, 4) is 0 Å². The van der Waals surface area contributed by atoms with E-state index in [1.807, 2.05) is 0 Å². The van der Waals surface area contributed by atoms with Crippen LogP contribution in [0.2, 0.25) is 0 Å². The molecule has 0 fully saturated rings. The van der Waals surface area contributed by atoms with E-state index in [-0.39, 0.29) is 25.3 Å². The van der Waals surface area contributed by atoms with E-state index in [2.05, 4.69) is 18.7 Å². The van der Waals surface area contributed by atoms with Gasteiger partial charge in [0.25, 0.3) is 0 Å². The van der Waals surface area contributed by atoms with Crippen LogP contribution in [0, 0.1) is 0 Å². The van der Waals surface area contributed by atoms with Crippen LogP contribution in [-0.2, 0) is 4.79 Å². The Kier molecular flexibility index (Phi) is 27.1. The molecular weight excluding hydrogens is 341 g/mol. The molecule has 0 N–H and O–H groups in total. The van der Waals surface area contributed by atoms with Crippen molar-refractivity contribution in [2.75, 3.05) is 19.6 Å². The fourth-order valence-corrected chi connectivity index (χ4v) is 3.70. The molecule has 0 bridgehead atoms. The molecule has 28 heavy (non-hydrogen) atoms. The Morgan fingerprint density at radius 3 is 1.25 bits per heavy atom. The topological polar surface area (TPSA) is 43.4 Å². The Balaban J connectivity index is 0. The van der Waals surface area contributed by atoms with E-state index in [1.165, 1.54) is 103 Å². The summed E-state index contributed by atoms with van der Waals surface area (Å²) in [4.78, 5) is 13.1. The normalized spacial score (nSPS) is 11.0. The van der Waals surface area contributed by atoms with Crippen molar-refractivity contribution in [1.82, 2.24) is 4.90 Å². The molecule has 0 spiro atoms. The summed E-state index contributed by atoms with van der Waals surface area (Å²) in [6.07, 6.45) is 22.3. The van der Waals surface area contributed by atoms with Gasteiger partial charge in [-0.05, 0) is 51.7 Å². The maximum atomic E-state index is 10.5. The van der Waals surface area contributed by atoms with Gasteiger partial charge in [-0.15, -0.1) is 0 Å². The van der Waals surface area contributed by atoms with Gasteiger partial charge in [0.2, 0.25) is 0 Å². The molecule has 0 aromatic rings. The molecule has 0 aliphatic carbocycles. The first kappa shape index (κ1) is 30.2. The molecule has 3 nitrogen and oxygen atoms in total. The molecule has 0 rings (SSSR count). The van der Waals surface area contributed by atoms with Gasteiger partial charge in [0, 0.05) is 5.97 Å². The average molecular weight is 390 g/mol. The second-order valence-corrected chi connectivity index (χ2v) is 8.27. The van der Waals surface area contributed by atoms with Gasteiger partial charge in [-0.3, -0.25) is 0 Å². The summed E-state index contributed by atoms with van der Waals surface area (Å²) < 4.78 is 0. The number of rotatable bonds is 22. The second-order valence-electron chi connectivity index (χ2n) is 8.27. The van der Waals surface area contributed by atoms with Gasteiger partial charge in [-0.25, -0.2) is 0 Å². The van der Waals surface area contributed by atoms with Crippen LogP contribution in [0.25, 0.3) is 0 Å². The van der Waals surface area contributed by atoms with Gasteiger partial charge >= 0.3 is 18.9 Å². The molecule has 0 radical (unpaired) electrons. The molecule has 0 aliphatic heterocycles. The summed E-state index contributed by atoms with van der Waals surface area (Å²) in [6, 6.07) is 0. The molecule has 0 saturated carbocycles. The van der Waals surface area contributed by atoms with Crippen LogP contribution in [0.1, 0.15) is 129 Å². The fourth-order valence-electron chi connectivity index (χ4n) is 3.70. The molecule has 0 heterocycles. The Morgan fingerprint density at radius 1 is 0.571 bits per heavy atom. The minimum atomic E-state index is -0.905. The van der Waals surface area contributed by atoms with Crippen LogP contribution in [0.3, 0.4) is 0 Å². The summed E-state index contributed by atoms with van der Waals surface area (Å²) in [6.45, 7) is 8.14. The Morgan fingerprint density at radius 2 is 0.893 bits per heavy atom. The SMILES string of the molecule is CCCCCCCCCN(CCCCCCCCC)CCCCCC(=O)[O-].[Li+]. The van der Waals surface area contributed by atoms with Gasteiger partial charge in [0.1, 0.15) is 0 Å². The number of unbranched alkanes of at least 4 members (excludes halogenated alkanes) is 14. The molecule has 162 valence electrons. The van der Waals surface area contributed by atoms with Crippen molar-refractivity contribution in [3.05, 3.63) is 0 Å². The molecule has 0 aromatic heterocycles. The summed E-state index contributed by atoms with van der Waals surface area (Å²) in [5.74, 6) is -0.905. The molecule has 0 unspecified atom stereocenters. The molecule has 4 heteroatoms. The predicted octanol–water partition coefficient (Wildman–Crippen LogP) is 3.10. The maximum Gasteiger partial charge on any atom is 1.00 e. The molecular formula is C24H48LiNO2. The summed E-state index contributed by atoms with van der Waals surface area (Å²) in [7, 11) is 0. The first-order chi connectivity index (χ1) is 13.2. The van der Waals surface area contributed by atoms with Crippen LogP contribution in [0.5, 0.6) is 0 Å². The van der Waals surface area contributed by atoms with E-state index in [9.17, 15) is 9.90 Å². The number of hydrogen-bond donors (Lipinski definition) is 0. The number of carbonyl (C=O) groups excluding carboxylic acids is 1. The number of nitrogens with zero attached hydrogens (tertiary/aromatic N) is 1. The van der Waals surface area contributed by atoms with Crippen molar-refractivity contribution in [1.29, 1.82) is 0 Å².